The fraction of sp³-hybridized carbons (Fsp3) is 0.278. The first kappa shape index (κ1) is 20.8. The van der Waals surface area contributed by atoms with Crippen molar-refractivity contribution in [3.05, 3.63) is 65.2 Å². The second-order valence-electron chi connectivity index (χ2n) is 5.74. The van der Waals surface area contributed by atoms with Crippen LogP contribution in [0.4, 0.5) is 18.9 Å². The Hall–Kier alpha value is -2.55. The molecule has 0 atom stereocenters. The number of hydrogen-bond donors (Lipinski definition) is 1. The van der Waals surface area contributed by atoms with E-state index in [1.54, 1.807) is 48.0 Å². The van der Waals surface area contributed by atoms with Gasteiger partial charge in [0, 0.05) is 11.1 Å². The molecule has 2 rings (SSSR count). The maximum Gasteiger partial charge on any atom is 0.516 e. The maximum atomic E-state index is 12.8. The van der Waals surface area contributed by atoms with E-state index in [0.717, 1.165) is 5.56 Å². The van der Waals surface area contributed by atoms with Crippen LogP contribution >= 0.6 is 0 Å². The number of halogens is 3. The molecule has 0 bridgehead atoms. The van der Waals surface area contributed by atoms with Gasteiger partial charge in [0.25, 0.3) is 0 Å². The van der Waals surface area contributed by atoms with Crippen molar-refractivity contribution in [1.82, 2.24) is 0 Å². The summed E-state index contributed by atoms with van der Waals surface area (Å²) >= 11 is 0. The first-order valence-electron chi connectivity index (χ1n) is 8.11. The van der Waals surface area contributed by atoms with Crippen LogP contribution in [0.25, 0.3) is 0 Å². The van der Waals surface area contributed by atoms with Crippen LogP contribution in [0, 0.1) is 6.92 Å². The molecule has 0 saturated heterocycles. The van der Waals surface area contributed by atoms with Crippen LogP contribution in [0.2, 0.25) is 0 Å². The van der Waals surface area contributed by atoms with Crippen molar-refractivity contribution in [1.29, 1.82) is 0 Å². The van der Waals surface area contributed by atoms with Crippen LogP contribution in [0.1, 0.15) is 30.0 Å². The lowest BCUT2D eigenvalue weighted by molar-refractivity contribution is -0.0429. The van der Waals surface area contributed by atoms with Crippen LogP contribution in [-0.2, 0) is 14.9 Å². The fourth-order valence-electron chi connectivity index (χ4n) is 2.20. The van der Waals surface area contributed by atoms with Gasteiger partial charge in [0.1, 0.15) is 12.3 Å². The van der Waals surface area contributed by atoms with Crippen LogP contribution in [0.3, 0.4) is 0 Å². The van der Waals surface area contributed by atoms with E-state index < -0.39 is 15.5 Å². The van der Waals surface area contributed by atoms with E-state index in [-0.39, 0.29) is 17.0 Å². The van der Waals surface area contributed by atoms with Crippen molar-refractivity contribution < 1.29 is 26.4 Å². The summed E-state index contributed by atoms with van der Waals surface area (Å²) in [5.74, 6) is 0. The van der Waals surface area contributed by atoms with E-state index in [4.69, 9.17) is 4.84 Å². The molecule has 1 N–H and O–H groups in total. The summed E-state index contributed by atoms with van der Waals surface area (Å²) in [5.41, 5.74) is -3.96. The predicted molar refractivity (Wildman–Crippen MR) is 98.1 cm³/mol. The van der Waals surface area contributed by atoms with E-state index in [2.05, 4.69) is 5.16 Å². The van der Waals surface area contributed by atoms with Gasteiger partial charge in [-0.2, -0.15) is 21.6 Å². The van der Waals surface area contributed by atoms with E-state index >= 15 is 0 Å². The Morgan fingerprint density at radius 2 is 1.81 bits per heavy atom. The lowest BCUT2D eigenvalue weighted by Crippen LogP contribution is -2.30. The largest absolute Gasteiger partial charge is 0.516 e. The summed E-state index contributed by atoms with van der Waals surface area (Å²) in [7, 11) is -5.57. The smallest absolute Gasteiger partial charge is 0.395 e. The van der Waals surface area contributed by atoms with E-state index in [1.165, 1.54) is 12.1 Å². The highest BCUT2D eigenvalue weighted by Crippen LogP contribution is 2.29. The number of anilines is 1. The maximum absolute atomic E-state index is 12.8. The van der Waals surface area contributed by atoms with Gasteiger partial charge in [-0.3, -0.25) is 4.72 Å². The van der Waals surface area contributed by atoms with Crippen LogP contribution in [0.5, 0.6) is 0 Å². The molecule has 0 unspecified atom stereocenters. The lowest BCUT2D eigenvalue weighted by atomic mass is 9.99. The third-order valence-electron chi connectivity index (χ3n) is 3.48. The molecular formula is C18H19F3N2O3S. The average molecular weight is 400 g/mol. The minimum atomic E-state index is -5.57. The zero-order valence-corrected chi connectivity index (χ0v) is 15.6. The Bertz CT molecular complexity index is 911. The molecule has 5 nitrogen and oxygen atoms in total. The van der Waals surface area contributed by atoms with Gasteiger partial charge < -0.3 is 4.84 Å². The summed E-state index contributed by atoms with van der Waals surface area (Å²) in [4.78, 5) is 5.23. The first-order valence-corrected chi connectivity index (χ1v) is 9.59. The van der Waals surface area contributed by atoms with Gasteiger partial charge >= 0.3 is 15.5 Å². The Morgan fingerprint density at radius 3 is 2.41 bits per heavy atom. The Balaban J connectivity index is 2.59. The molecule has 27 heavy (non-hydrogen) atoms. The van der Waals surface area contributed by atoms with Gasteiger partial charge in [0.2, 0.25) is 0 Å². The van der Waals surface area contributed by atoms with Crippen molar-refractivity contribution in [3.8, 4) is 0 Å². The molecule has 0 aliphatic rings. The number of nitrogens with one attached hydrogen (secondary N) is 1. The Morgan fingerprint density at radius 1 is 1.15 bits per heavy atom. The summed E-state index contributed by atoms with van der Waals surface area (Å²) in [5, 5.41) is 4.05. The highest BCUT2D eigenvalue weighted by atomic mass is 32.2. The second-order valence-corrected chi connectivity index (χ2v) is 7.41. The molecule has 0 radical (unpaired) electrons. The van der Waals surface area contributed by atoms with Crippen LogP contribution in [-0.4, -0.2) is 26.2 Å². The zero-order valence-electron chi connectivity index (χ0n) is 14.7. The van der Waals surface area contributed by atoms with E-state index in [1.807, 2.05) is 6.92 Å². The van der Waals surface area contributed by atoms with Crippen molar-refractivity contribution in [2.24, 2.45) is 5.16 Å². The number of benzene rings is 2. The molecule has 2 aromatic rings. The summed E-state index contributed by atoms with van der Waals surface area (Å²) in [6.45, 7) is 3.93. The third-order valence-corrected chi connectivity index (χ3v) is 4.58. The molecule has 9 heteroatoms. The van der Waals surface area contributed by atoms with Gasteiger partial charge in [0.15, 0.2) is 0 Å². The van der Waals surface area contributed by atoms with E-state index in [0.29, 0.717) is 18.6 Å². The number of alkyl halides is 3. The van der Waals surface area contributed by atoms with Crippen molar-refractivity contribution in [2.45, 2.75) is 25.8 Å². The summed E-state index contributed by atoms with van der Waals surface area (Å²) in [6.07, 6.45) is 0.687. The quantitative estimate of drug-likeness (QED) is 0.425. The first-order chi connectivity index (χ1) is 12.7. The van der Waals surface area contributed by atoms with Crippen molar-refractivity contribution >= 4 is 21.4 Å². The minimum absolute atomic E-state index is 0.185. The Labute approximate surface area is 155 Å². The van der Waals surface area contributed by atoms with Gasteiger partial charge in [-0.15, -0.1) is 0 Å². The molecule has 0 aromatic heterocycles. The number of sulfonamides is 1. The number of hydrogen-bond acceptors (Lipinski definition) is 4. The summed E-state index contributed by atoms with van der Waals surface area (Å²) < 4.78 is 63.1. The number of aryl methyl sites for hydroxylation is 1. The molecule has 0 fully saturated rings. The average Bonchev–Trinajstić information content (AvgIpc) is 2.60. The monoisotopic (exact) mass is 400 g/mol. The number of nitrogens with zero attached hydrogens (tertiary/aromatic N) is 1. The third kappa shape index (κ3) is 5.22. The van der Waals surface area contributed by atoms with E-state index in [9.17, 15) is 21.6 Å². The van der Waals surface area contributed by atoms with Gasteiger partial charge in [-0.25, -0.2) is 0 Å². The predicted octanol–water partition coefficient (Wildman–Crippen LogP) is 4.44. The number of rotatable bonds is 7. The topological polar surface area (TPSA) is 67.8 Å². The standard InChI is InChI=1S/C18H19F3N2O3S/c1-3-11-26-22-17(14-7-5-4-6-8-14)15-12-13(2)9-10-16(15)23-27(24,25)18(19,20)21/h4-10,12,23H,3,11H2,1-2H3/b22-17+. The summed E-state index contributed by atoms with van der Waals surface area (Å²) in [6, 6.07) is 13.0. The highest BCUT2D eigenvalue weighted by Gasteiger charge is 2.46. The molecule has 0 aliphatic heterocycles. The van der Waals surface area contributed by atoms with Crippen molar-refractivity contribution in [3.63, 3.8) is 0 Å². The number of oxime groups is 1. The van der Waals surface area contributed by atoms with Gasteiger partial charge in [-0.05, 0) is 25.5 Å². The second kappa shape index (κ2) is 8.43. The van der Waals surface area contributed by atoms with Crippen LogP contribution in [0.15, 0.2) is 53.7 Å². The minimum Gasteiger partial charge on any atom is -0.395 e. The molecule has 0 amide bonds. The molecule has 2 aromatic carbocycles. The molecule has 0 aliphatic carbocycles. The molecule has 0 heterocycles. The van der Waals surface area contributed by atoms with Crippen LogP contribution < -0.4 is 4.72 Å². The molecular weight excluding hydrogens is 381 g/mol. The molecule has 146 valence electrons. The SMILES string of the molecule is CCCO/N=C(\c1ccccc1)c1cc(C)ccc1NS(=O)(=O)C(F)(F)F. The van der Waals surface area contributed by atoms with Crippen molar-refractivity contribution in [2.75, 3.05) is 11.3 Å². The highest BCUT2D eigenvalue weighted by molar-refractivity contribution is 7.93. The Kier molecular flexibility index (Phi) is 6.48. The van der Waals surface area contributed by atoms with Gasteiger partial charge in [0.05, 0.1) is 5.69 Å². The normalized spacial score (nSPS) is 12.7. The zero-order chi connectivity index (χ0) is 20.1. The fourth-order valence-corrected chi connectivity index (χ4v) is 2.78. The lowest BCUT2D eigenvalue weighted by Gasteiger charge is -2.16. The molecule has 0 saturated carbocycles. The van der Waals surface area contributed by atoms with Gasteiger partial charge in [-0.1, -0.05) is 54.0 Å². The molecule has 0 spiro atoms.